The van der Waals surface area contributed by atoms with E-state index >= 15 is 0 Å². The van der Waals surface area contributed by atoms with E-state index < -0.39 is 0 Å². The molecular weight excluding hydrogens is 370 g/mol. The van der Waals surface area contributed by atoms with Crippen molar-refractivity contribution in [3.8, 4) is 17.1 Å². The summed E-state index contributed by atoms with van der Waals surface area (Å²) >= 11 is 5.61. The fourth-order valence-electron chi connectivity index (χ4n) is 4.02. The van der Waals surface area contributed by atoms with Crippen LogP contribution < -0.4 is 0 Å². The van der Waals surface area contributed by atoms with Crippen molar-refractivity contribution in [2.24, 2.45) is 0 Å². The fraction of sp³-hybridized carbons (Fsp3) is 0.273. The third-order valence-electron chi connectivity index (χ3n) is 5.17. The van der Waals surface area contributed by atoms with E-state index in [2.05, 4.69) is 36.6 Å². The second-order valence-electron chi connectivity index (χ2n) is 7.36. The summed E-state index contributed by atoms with van der Waals surface area (Å²) in [5.41, 5.74) is 6.42. The number of hydrogen-bond acceptors (Lipinski definition) is 4. The molecule has 0 aliphatic heterocycles. The average Bonchev–Trinajstić information content (AvgIpc) is 2.67. The molecule has 1 aliphatic carbocycles. The van der Waals surface area contributed by atoms with Gasteiger partial charge in [-0.2, -0.15) is 0 Å². The highest BCUT2D eigenvalue weighted by molar-refractivity contribution is 7.71. The number of rotatable bonds is 3. The molecule has 0 atom stereocenters. The van der Waals surface area contributed by atoms with Gasteiger partial charge >= 0.3 is 0 Å². The first-order chi connectivity index (χ1) is 13.4. The predicted molar refractivity (Wildman–Crippen MR) is 113 cm³/mol. The third kappa shape index (κ3) is 3.36. The second-order valence-corrected chi connectivity index (χ2v) is 7.75. The van der Waals surface area contributed by atoms with Crippen LogP contribution >= 0.6 is 12.2 Å². The maximum absolute atomic E-state index is 11.3. The number of aromatic nitrogens is 2. The van der Waals surface area contributed by atoms with Gasteiger partial charge in [-0.25, -0.2) is 4.98 Å². The SMILES string of the molecule is Cc1cc(C)cc(-n2c(-c3cccc([N+](=O)[O-])c3)nc(=S)c3c2CCCC3)c1. The lowest BCUT2D eigenvalue weighted by atomic mass is 9.96. The molecule has 1 heterocycles. The number of nitro benzene ring substituents is 1. The van der Waals surface area contributed by atoms with E-state index in [1.54, 1.807) is 12.1 Å². The smallest absolute Gasteiger partial charge is 0.270 e. The van der Waals surface area contributed by atoms with Gasteiger partial charge < -0.3 is 0 Å². The van der Waals surface area contributed by atoms with Crippen molar-refractivity contribution in [3.63, 3.8) is 0 Å². The number of nitrogens with zero attached hydrogens (tertiary/aromatic N) is 3. The second kappa shape index (κ2) is 7.28. The van der Waals surface area contributed by atoms with Crippen LogP contribution in [-0.2, 0) is 12.8 Å². The molecule has 5 nitrogen and oxygen atoms in total. The summed E-state index contributed by atoms with van der Waals surface area (Å²) in [5, 5.41) is 11.3. The molecule has 0 unspecified atom stereocenters. The molecule has 0 spiro atoms. The largest absolute Gasteiger partial charge is 0.298 e. The summed E-state index contributed by atoms with van der Waals surface area (Å²) < 4.78 is 2.76. The first-order valence-electron chi connectivity index (χ1n) is 9.42. The van der Waals surface area contributed by atoms with Crippen molar-refractivity contribution in [2.45, 2.75) is 39.5 Å². The van der Waals surface area contributed by atoms with E-state index in [1.165, 1.54) is 22.9 Å². The number of nitro groups is 1. The first kappa shape index (κ1) is 18.5. The van der Waals surface area contributed by atoms with Gasteiger partial charge in [0.1, 0.15) is 10.5 Å². The minimum absolute atomic E-state index is 0.0508. The molecule has 2 aromatic carbocycles. The Labute approximate surface area is 168 Å². The van der Waals surface area contributed by atoms with E-state index in [9.17, 15) is 10.1 Å². The van der Waals surface area contributed by atoms with Crippen LogP contribution in [0.1, 0.15) is 35.2 Å². The highest BCUT2D eigenvalue weighted by Gasteiger charge is 2.21. The minimum atomic E-state index is -0.377. The van der Waals surface area contributed by atoms with Gasteiger partial charge in [0.15, 0.2) is 0 Å². The molecule has 0 saturated heterocycles. The molecule has 3 aromatic rings. The van der Waals surface area contributed by atoms with E-state index in [-0.39, 0.29) is 10.6 Å². The van der Waals surface area contributed by atoms with Gasteiger partial charge in [0.05, 0.1) is 4.92 Å². The first-order valence-corrected chi connectivity index (χ1v) is 9.83. The molecule has 4 rings (SSSR count). The standard InChI is InChI=1S/C22H21N3O2S/c1-14-10-15(2)12-18(11-14)24-20-9-4-3-8-19(20)22(28)23-21(24)16-6-5-7-17(13-16)25(26)27/h5-7,10-13H,3-4,8-9H2,1-2H3. The van der Waals surface area contributed by atoms with E-state index in [4.69, 9.17) is 17.2 Å². The van der Waals surface area contributed by atoms with Crippen LogP contribution in [-0.4, -0.2) is 14.5 Å². The van der Waals surface area contributed by atoms with Gasteiger partial charge in [-0.1, -0.05) is 30.4 Å². The van der Waals surface area contributed by atoms with Crippen LogP contribution in [0.2, 0.25) is 0 Å². The maximum atomic E-state index is 11.3. The third-order valence-corrected chi connectivity index (χ3v) is 5.50. The molecule has 6 heteroatoms. The summed E-state index contributed by atoms with van der Waals surface area (Å²) in [7, 11) is 0. The lowest BCUT2D eigenvalue weighted by Crippen LogP contribution is -2.17. The lowest BCUT2D eigenvalue weighted by Gasteiger charge is -2.25. The number of fused-ring (bicyclic) bond motifs is 1. The van der Waals surface area contributed by atoms with Crippen LogP contribution in [0.5, 0.6) is 0 Å². The zero-order chi connectivity index (χ0) is 19.8. The zero-order valence-corrected chi connectivity index (χ0v) is 16.8. The van der Waals surface area contributed by atoms with Crippen LogP contribution in [0.15, 0.2) is 42.5 Å². The van der Waals surface area contributed by atoms with Gasteiger partial charge in [0, 0.05) is 34.6 Å². The Morgan fingerprint density at radius 1 is 1.07 bits per heavy atom. The van der Waals surface area contributed by atoms with Gasteiger partial charge in [-0.3, -0.25) is 14.7 Å². The molecule has 0 amide bonds. The quantitative estimate of drug-likeness (QED) is 0.328. The average molecular weight is 391 g/mol. The highest BCUT2D eigenvalue weighted by Crippen LogP contribution is 2.32. The van der Waals surface area contributed by atoms with Crippen molar-refractivity contribution in [1.82, 2.24) is 9.55 Å². The van der Waals surface area contributed by atoms with Crippen molar-refractivity contribution < 1.29 is 4.92 Å². The summed E-state index contributed by atoms with van der Waals surface area (Å²) in [4.78, 5) is 15.7. The molecular formula is C22H21N3O2S. The zero-order valence-electron chi connectivity index (χ0n) is 15.9. The van der Waals surface area contributed by atoms with Crippen molar-refractivity contribution in [1.29, 1.82) is 0 Å². The van der Waals surface area contributed by atoms with Crippen molar-refractivity contribution >= 4 is 17.9 Å². The highest BCUT2D eigenvalue weighted by atomic mass is 32.1. The van der Waals surface area contributed by atoms with E-state index in [0.29, 0.717) is 16.0 Å². The molecule has 0 radical (unpaired) electrons. The van der Waals surface area contributed by atoms with Gasteiger partial charge in [0.25, 0.3) is 5.69 Å². The maximum Gasteiger partial charge on any atom is 0.270 e. The monoisotopic (exact) mass is 391 g/mol. The Balaban J connectivity index is 2.06. The number of hydrogen-bond donors (Lipinski definition) is 0. The molecule has 28 heavy (non-hydrogen) atoms. The van der Waals surface area contributed by atoms with E-state index in [1.807, 2.05) is 6.07 Å². The Bertz CT molecular complexity index is 1130. The Morgan fingerprint density at radius 3 is 2.50 bits per heavy atom. The fourth-order valence-corrected chi connectivity index (χ4v) is 4.32. The molecule has 0 N–H and O–H groups in total. The summed E-state index contributed by atoms with van der Waals surface area (Å²) in [5.74, 6) is 0.666. The van der Waals surface area contributed by atoms with Gasteiger partial charge in [-0.05, 0) is 62.8 Å². The van der Waals surface area contributed by atoms with E-state index in [0.717, 1.165) is 36.9 Å². The van der Waals surface area contributed by atoms with Crippen molar-refractivity contribution in [3.05, 3.63) is 79.6 Å². The lowest BCUT2D eigenvalue weighted by molar-refractivity contribution is -0.384. The van der Waals surface area contributed by atoms with Crippen LogP contribution in [0, 0.1) is 28.6 Å². The molecule has 142 valence electrons. The molecule has 0 fully saturated rings. The predicted octanol–water partition coefficient (Wildman–Crippen LogP) is 5.67. The Kier molecular flexibility index (Phi) is 4.81. The van der Waals surface area contributed by atoms with Gasteiger partial charge in [0.2, 0.25) is 0 Å². The summed E-state index contributed by atoms with van der Waals surface area (Å²) in [6, 6.07) is 13.0. The normalized spacial score (nSPS) is 13.2. The number of aryl methyl sites for hydroxylation is 2. The number of benzene rings is 2. The molecule has 1 aliphatic rings. The number of non-ortho nitro benzene ring substituents is 1. The molecule has 0 bridgehead atoms. The van der Waals surface area contributed by atoms with Crippen LogP contribution in [0.25, 0.3) is 17.1 Å². The van der Waals surface area contributed by atoms with Crippen molar-refractivity contribution in [2.75, 3.05) is 0 Å². The van der Waals surface area contributed by atoms with Crippen LogP contribution in [0.4, 0.5) is 5.69 Å². The summed E-state index contributed by atoms with van der Waals surface area (Å²) in [6.07, 6.45) is 4.07. The Hall–Kier alpha value is -2.86. The molecule has 0 saturated carbocycles. The topological polar surface area (TPSA) is 61.0 Å². The minimum Gasteiger partial charge on any atom is -0.298 e. The summed E-state index contributed by atoms with van der Waals surface area (Å²) in [6.45, 7) is 4.15. The van der Waals surface area contributed by atoms with Gasteiger partial charge in [-0.15, -0.1) is 0 Å². The Morgan fingerprint density at radius 2 is 1.79 bits per heavy atom. The molecule has 1 aromatic heterocycles. The van der Waals surface area contributed by atoms with Crippen LogP contribution in [0.3, 0.4) is 0 Å².